The molecule has 0 aliphatic carbocycles. The Hall–Kier alpha value is -3.15. The lowest BCUT2D eigenvalue weighted by molar-refractivity contribution is 0.0641. The van der Waals surface area contributed by atoms with E-state index < -0.39 is 5.97 Å². The predicted octanol–water partition coefficient (Wildman–Crippen LogP) is 3.17. The summed E-state index contributed by atoms with van der Waals surface area (Å²) in [6, 6.07) is 11.8. The van der Waals surface area contributed by atoms with Crippen LogP contribution in [0.2, 0.25) is 0 Å². The molecule has 6 heteroatoms. The lowest BCUT2D eigenvalue weighted by Gasteiger charge is -2.29. The van der Waals surface area contributed by atoms with E-state index in [0.717, 1.165) is 31.6 Å². The van der Waals surface area contributed by atoms with Gasteiger partial charge in [0.2, 0.25) is 0 Å². The highest BCUT2D eigenvalue weighted by molar-refractivity contribution is 6.21. The molecule has 1 N–H and O–H groups in total. The molecule has 4 rings (SSSR count). The van der Waals surface area contributed by atoms with Crippen LogP contribution in [-0.4, -0.2) is 40.9 Å². The summed E-state index contributed by atoms with van der Waals surface area (Å²) in [6.45, 7) is 1.83. The number of rotatable bonds is 4. The average molecular weight is 364 g/mol. The summed E-state index contributed by atoms with van der Waals surface area (Å²) >= 11 is 0. The van der Waals surface area contributed by atoms with Crippen molar-refractivity contribution in [2.75, 3.05) is 18.0 Å². The van der Waals surface area contributed by atoms with Gasteiger partial charge in [0, 0.05) is 18.8 Å². The van der Waals surface area contributed by atoms with Gasteiger partial charge in [0.15, 0.2) is 0 Å². The molecule has 0 aromatic heterocycles. The van der Waals surface area contributed by atoms with E-state index in [1.165, 1.54) is 11.3 Å². The Labute approximate surface area is 157 Å². The first-order chi connectivity index (χ1) is 13.0. The smallest absolute Gasteiger partial charge is 0.335 e. The number of imide groups is 1. The Kier molecular flexibility index (Phi) is 4.39. The molecule has 2 amide bonds. The predicted molar refractivity (Wildman–Crippen MR) is 100 cm³/mol. The zero-order chi connectivity index (χ0) is 19.0. The number of piperidine rings is 1. The summed E-state index contributed by atoms with van der Waals surface area (Å²) in [5.74, 6) is -1.69. The van der Waals surface area contributed by atoms with E-state index in [1.54, 1.807) is 36.4 Å². The molecule has 2 aliphatic rings. The Bertz CT molecular complexity index is 897. The zero-order valence-corrected chi connectivity index (χ0v) is 14.9. The monoisotopic (exact) mass is 364 g/mol. The third-order valence-electron chi connectivity index (χ3n) is 5.16. The number of carboxylic acid groups (broad SMARTS) is 1. The average Bonchev–Trinajstić information content (AvgIpc) is 2.93. The van der Waals surface area contributed by atoms with Crippen molar-refractivity contribution in [3.05, 3.63) is 64.7 Å². The van der Waals surface area contributed by atoms with Gasteiger partial charge in [-0.1, -0.05) is 12.1 Å². The number of anilines is 1. The fourth-order valence-corrected chi connectivity index (χ4v) is 3.79. The minimum atomic E-state index is -1.02. The molecule has 2 aromatic carbocycles. The maximum Gasteiger partial charge on any atom is 0.335 e. The maximum absolute atomic E-state index is 12.6. The van der Waals surface area contributed by atoms with Crippen LogP contribution in [0.3, 0.4) is 0 Å². The molecule has 0 radical (unpaired) electrons. The van der Waals surface area contributed by atoms with E-state index in [1.807, 2.05) is 6.07 Å². The van der Waals surface area contributed by atoms with Gasteiger partial charge in [-0.3, -0.25) is 14.5 Å². The van der Waals surface area contributed by atoms with E-state index in [0.29, 0.717) is 16.7 Å². The number of carbonyl (C=O) groups excluding carboxylic acids is 2. The van der Waals surface area contributed by atoms with Crippen LogP contribution >= 0.6 is 0 Å². The molecule has 0 unspecified atom stereocenters. The fourth-order valence-electron chi connectivity index (χ4n) is 3.79. The van der Waals surface area contributed by atoms with Gasteiger partial charge in [-0.2, -0.15) is 0 Å². The van der Waals surface area contributed by atoms with Crippen molar-refractivity contribution in [2.45, 2.75) is 25.8 Å². The fraction of sp³-hybridized carbons (Fsp3) is 0.286. The minimum absolute atomic E-state index is 0.0638. The first-order valence-corrected chi connectivity index (χ1v) is 9.12. The van der Waals surface area contributed by atoms with Crippen molar-refractivity contribution in [2.24, 2.45) is 0 Å². The highest BCUT2D eigenvalue weighted by Crippen LogP contribution is 2.27. The van der Waals surface area contributed by atoms with Gasteiger partial charge < -0.3 is 10.0 Å². The van der Waals surface area contributed by atoms with E-state index in [9.17, 15) is 19.5 Å². The molecule has 27 heavy (non-hydrogen) atoms. The quantitative estimate of drug-likeness (QED) is 0.843. The lowest BCUT2D eigenvalue weighted by Crippen LogP contribution is -2.31. The van der Waals surface area contributed by atoms with Crippen molar-refractivity contribution in [3.8, 4) is 0 Å². The molecule has 6 nitrogen and oxygen atoms in total. The normalized spacial score (nSPS) is 16.6. The van der Waals surface area contributed by atoms with Crippen molar-refractivity contribution in [1.29, 1.82) is 0 Å². The number of aromatic carboxylic acids is 1. The molecule has 0 atom stereocenters. The number of carboxylic acids is 1. The van der Waals surface area contributed by atoms with Crippen molar-refractivity contribution >= 4 is 23.5 Å². The second kappa shape index (κ2) is 6.87. The molecular weight excluding hydrogens is 344 g/mol. The summed E-state index contributed by atoms with van der Waals surface area (Å²) in [4.78, 5) is 40.1. The topological polar surface area (TPSA) is 77.9 Å². The van der Waals surface area contributed by atoms with Gasteiger partial charge in [-0.15, -0.1) is 0 Å². The molecule has 2 aromatic rings. The van der Waals surface area contributed by atoms with E-state index in [2.05, 4.69) is 4.90 Å². The van der Waals surface area contributed by atoms with Gasteiger partial charge in [-0.05, 0) is 55.2 Å². The van der Waals surface area contributed by atoms with Gasteiger partial charge in [0.05, 0.1) is 23.2 Å². The maximum atomic E-state index is 12.6. The molecule has 1 fully saturated rings. The van der Waals surface area contributed by atoms with Gasteiger partial charge >= 0.3 is 5.97 Å². The highest BCUT2D eigenvalue weighted by atomic mass is 16.4. The second-order valence-corrected chi connectivity index (χ2v) is 6.98. The number of benzene rings is 2. The Morgan fingerprint density at radius 3 is 2.15 bits per heavy atom. The van der Waals surface area contributed by atoms with Crippen molar-refractivity contribution < 1.29 is 19.5 Å². The molecule has 0 saturated carbocycles. The van der Waals surface area contributed by atoms with E-state index in [4.69, 9.17) is 0 Å². The molecule has 1 saturated heterocycles. The molecule has 0 bridgehead atoms. The second-order valence-electron chi connectivity index (χ2n) is 6.98. The summed E-state index contributed by atoms with van der Waals surface area (Å²) in [7, 11) is 0. The standard InChI is InChI=1S/C21H20N2O4/c24-19-17-6-2-3-7-18(17)20(25)23(19)13-14-10-15(21(26)27)12-16(11-14)22-8-4-1-5-9-22/h2-3,6-7,10-12H,1,4-5,8-9,13H2,(H,26,27). The molecule has 0 spiro atoms. The van der Waals surface area contributed by atoms with Crippen LogP contribution in [-0.2, 0) is 6.54 Å². The summed E-state index contributed by atoms with van der Waals surface area (Å²) in [5, 5.41) is 9.47. The number of hydrogen-bond acceptors (Lipinski definition) is 4. The van der Waals surface area contributed by atoms with Crippen LogP contribution in [0.25, 0.3) is 0 Å². The van der Waals surface area contributed by atoms with Gasteiger partial charge in [0.25, 0.3) is 11.8 Å². The minimum Gasteiger partial charge on any atom is -0.478 e. The van der Waals surface area contributed by atoms with Crippen molar-refractivity contribution in [3.63, 3.8) is 0 Å². The Morgan fingerprint density at radius 1 is 0.926 bits per heavy atom. The highest BCUT2D eigenvalue weighted by Gasteiger charge is 2.35. The first kappa shape index (κ1) is 17.3. The number of amides is 2. The van der Waals surface area contributed by atoms with Crippen LogP contribution in [0.1, 0.15) is 55.9 Å². The number of nitrogens with zero attached hydrogens (tertiary/aromatic N) is 2. The summed E-state index contributed by atoms with van der Waals surface area (Å²) < 4.78 is 0. The number of carbonyl (C=O) groups is 3. The first-order valence-electron chi connectivity index (χ1n) is 9.12. The Morgan fingerprint density at radius 2 is 1.56 bits per heavy atom. The van der Waals surface area contributed by atoms with Crippen molar-refractivity contribution in [1.82, 2.24) is 4.90 Å². The van der Waals surface area contributed by atoms with Crippen LogP contribution in [0, 0.1) is 0 Å². The molecular formula is C21H20N2O4. The Balaban J connectivity index is 1.66. The zero-order valence-electron chi connectivity index (χ0n) is 14.9. The van der Waals surface area contributed by atoms with Crippen LogP contribution in [0.4, 0.5) is 5.69 Å². The van der Waals surface area contributed by atoms with E-state index >= 15 is 0 Å². The molecule has 2 heterocycles. The summed E-state index contributed by atoms with van der Waals surface area (Å²) in [5.41, 5.74) is 2.44. The van der Waals surface area contributed by atoms with Gasteiger partial charge in [-0.25, -0.2) is 4.79 Å². The SMILES string of the molecule is O=C(O)c1cc(CN2C(=O)c3ccccc3C2=O)cc(N2CCCCC2)c1. The largest absolute Gasteiger partial charge is 0.478 e. The third-order valence-corrected chi connectivity index (χ3v) is 5.16. The van der Waals surface area contributed by atoms with Crippen LogP contribution in [0.15, 0.2) is 42.5 Å². The lowest BCUT2D eigenvalue weighted by atomic mass is 10.1. The molecule has 138 valence electrons. The number of fused-ring (bicyclic) bond motifs is 1. The van der Waals surface area contributed by atoms with Crippen LogP contribution < -0.4 is 4.90 Å². The van der Waals surface area contributed by atoms with Gasteiger partial charge in [0.1, 0.15) is 0 Å². The van der Waals surface area contributed by atoms with E-state index in [-0.39, 0.29) is 23.9 Å². The molecule has 2 aliphatic heterocycles. The summed E-state index contributed by atoms with van der Waals surface area (Å²) in [6.07, 6.45) is 3.33. The van der Waals surface area contributed by atoms with Crippen LogP contribution in [0.5, 0.6) is 0 Å². The number of hydrogen-bond donors (Lipinski definition) is 1. The third kappa shape index (κ3) is 3.18.